The van der Waals surface area contributed by atoms with E-state index in [0.29, 0.717) is 5.82 Å². The van der Waals surface area contributed by atoms with Gasteiger partial charge in [-0.1, -0.05) is 0 Å². The summed E-state index contributed by atoms with van der Waals surface area (Å²) < 4.78 is 1.70. The molecule has 0 amide bonds. The number of nitrogens with one attached hydrogen (secondary N) is 1. The zero-order valence-corrected chi connectivity index (χ0v) is 8.23. The standard InChI is InChI=1S/C8H8ClN5/c1-14-5-3-7(13-14)11-6-2-4-10-8(9)12-6/h2-5H,1H3,(H,10,11,12,13). The smallest absolute Gasteiger partial charge is 0.224 e. The minimum atomic E-state index is 0.214. The molecule has 0 aromatic carbocycles. The van der Waals surface area contributed by atoms with E-state index in [2.05, 4.69) is 20.4 Å². The monoisotopic (exact) mass is 209 g/mol. The van der Waals surface area contributed by atoms with Crippen LogP contribution in [0.1, 0.15) is 0 Å². The van der Waals surface area contributed by atoms with Gasteiger partial charge in [-0.05, 0) is 17.7 Å². The number of rotatable bonds is 2. The third-order valence-electron chi connectivity index (χ3n) is 1.60. The van der Waals surface area contributed by atoms with Gasteiger partial charge >= 0.3 is 0 Å². The van der Waals surface area contributed by atoms with Gasteiger partial charge in [0.25, 0.3) is 0 Å². The Kier molecular flexibility index (Phi) is 2.32. The molecular formula is C8H8ClN5. The van der Waals surface area contributed by atoms with Crippen molar-refractivity contribution in [2.75, 3.05) is 5.32 Å². The van der Waals surface area contributed by atoms with Crippen LogP contribution in [-0.2, 0) is 7.05 Å². The second-order valence-electron chi connectivity index (χ2n) is 2.71. The fourth-order valence-corrected chi connectivity index (χ4v) is 1.16. The summed E-state index contributed by atoms with van der Waals surface area (Å²) in [6.07, 6.45) is 3.42. The predicted octanol–water partition coefficient (Wildman–Crippen LogP) is 1.61. The predicted molar refractivity (Wildman–Crippen MR) is 53.5 cm³/mol. The van der Waals surface area contributed by atoms with E-state index in [-0.39, 0.29) is 5.28 Å². The number of aryl methyl sites for hydroxylation is 1. The molecule has 0 bridgehead atoms. The van der Waals surface area contributed by atoms with Crippen molar-refractivity contribution in [3.05, 3.63) is 29.8 Å². The molecule has 0 atom stereocenters. The first kappa shape index (κ1) is 8.96. The summed E-state index contributed by atoms with van der Waals surface area (Å²) in [5.41, 5.74) is 0. The highest BCUT2D eigenvalue weighted by molar-refractivity contribution is 6.28. The van der Waals surface area contributed by atoms with E-state index in [0.717, 1.165) is 5.82 Å². The van der Waals surface area contributed by atoms with Crippen LogP contribution in [-0.4, -0.2) is 19.7 Å². The summed E-state index contributed by atoms with van der Waals surface area (Å²) >= 11 is 5.63. The van der Waals surface area contributed by atoms with Crippen LogP contribution in [0.15, 0.2) is 24.5 Å². The number of halogens is 1. The van der Waals surface area contributed by atoms with Crippen molar-refractivity contribution in [3.8, 4) is 0 Å². The zero-order valence-electron chi connectivity index (χ0n) is 7.48. The normalized spacial score (nSPS) is 10.1. The second kappa shape index (κ2) is 3.63. The molecule has 1 N–H and O–H groups in total. The maximum atomic E-state index is 5.63. The van der Waals surface area contributed by atoms with E-state index >= 15 is 0 Å². The summed E-state index contributed by atoms with van der Waals surface area (Å²) in [6, 6.07) is 3.57. The maximum absolute atomic E-state index is 5.63. The molecule has 0 aliphatic heterocycles. The number of hydrogen-bond donors (Lipinski definition) is 1. The average molecular weight is 210 g/mol. The summed E-state index contributed by atoms with van der Waals surface area (Å²) in [5, 5.41) is 7.35. The summed E-state index contributed by atoms with van der Waals surface area (Å²) in [5.74, 6) is 1.35. The van der Waals surface area contributed by atoms with Gasteiger partial charge in [0.2, 0.25) is 5.28 Å². The van der Waals surface area contributed by atoms with Gasteiger partial charge in [-0.15, -0.1) is 0 Å². The first-order valence-corrected chi connectivity index (χ1v) is 4.37. The van der Waals surface area contributed by atoms with Crippen LogP contribution in [0, 0.1) is 0 Å². The Morgan fingerprint density at radius 1 is 1.36 bits per heavy atom. The number of nitrogens with zero attached hydrogens (tertiary/aromatic N) is 4. The highest BCUT2D eigenvalue weighted by Gasteiger charge is 1.99. The van der Waals surface area contributed by atoms with E-state index in [1.54, 1.807) is 16.9 Å². The molecule has 2 rings (SSSR count). The van der Waals surface area contributed by atoms with Crippen molar-refractivity contribution in [1.82, 2.24) is 19.7 Å². The fraction of sp³-hybridized carbons (Fsp3) is 0.125. The SMILES string of the molecule is Cn1ccc(Nc2ccnc(Cl)n2)n1. The van der Waals surface area contributed by atoms with Gasteiger partial charge in [0.1, 0.15) is 5.82 Å². The minimum absolute atomic E-state index is 0.214. The molecule has 14 heavy (non-hydrogen) atoms. The van der Waals surface area contributed by atoms with Gasteiger partial charge < -0.3 is 5.32 Å². The van der Waals surface area contributed by atoms with Crippen molar-refractivity contribution >= 4 is 23.2 Å². The Hall–Kier alpha value is -1.62. The van der Waals surface area contributed by atoms with Crippen LogP contribution in [0.4, 0.5) is 11.6 Å². The Bertz CT molecular complexity index is 439. The molecular weight excluding hydrogens is 202 g/mol. The molecule has 2 heterocycles. The van der Waals surface area contributed by atoms with Gasteiger partial charge in [-0.2, -0.15) is 5.10 Å². The highest BCUT2D eigenvalue weighted by Crippen LogP contribution is 2.12. The third-order valence-corrected chi connectivity index (χ3v) is 1.78. The molecule has 0 radical (unpaired) electrons. The molecule has 0 fully saturated rings. The molecule has 5 nitrogen and oxygen atoms in total. The first-order chi connectivity index (χ1) is 6.74. The fourth-order valence-electron chi connectivity index (χ4n) is 1.02. The van der Waals surface area contributed by atoms with Crippen LogP contribution in [0.3, 0.4) is 0 Å². The molecule has 0 aliphatic rings. The minimum Gasteiger partial charge on any atom is -0.323 e. The molecule has 0 saturated heterocycles. The van der Waals surface area contributed by atoms with E-state index in [1.807, 2.05) is 19.3 Å². The van der Waals surface area contributed by atoms with Gasteiger partial charge in [0.15, 0.2) is 5.82 Å². The number of anilines is 2. The molecule has 0 unspecified atom stereocenters. The van der Waals surface area contributed by atoms with Gasteiger partial charge in [-0.25, -0.2) is 9.97 Å². The Balaban J connectivity index is 2.18. The van der Waals surface area contributed by atoms with Crippen molar-refractivity contribution < 1.29 is 0 Å². The lowest BCUT2D eigenvalue weighted by atomic mass is 10.5. The lowest BCUT2D eigenvalue weighted by Gasteiger charge is -2.00. The van der Waals surface area contributed by atoms with Crippen molar-refractivity contribution in [1.29, 1.82) is 0 Å². The topological polar surface area (TPSA) is 55.6 Å². The quantitative estimate of drug-likeness (QED) is 0.764. The lowest BCUT2D eigenvalue weighted by Crippen LogP contribution is -1.96. The van der Waals surface area contributed by atoms with Crippen molar-refractivity contribution in [2.45, 2.75) is 0 Å². The zero-order chi connectivity index (χ0) is 9.97. The molecule has 0 spiro atoms. The number of hydrogen-bond acceptors (Lipinski definition) is 4. The summed E-state index contributed by atoms with van der Waals surface area (Å²) in [6.45, 7) is 0. The third kappa shape index (κ3) is 2.00. The molecule has 2 aromatic heterocycles. The van der Waals surface area contributed by atoms with Crippen LogP contribution in [0.2, 0.25) is 5.28 Å². The van der Waals surface area contributed by atoms with Crippen LogP contribution in [0.25, 0.3) is 0 Å². The van der Waals surface area contributed by atoms with Crippen molar-refractivity contribution in [2.24, 2.45) is 7.05 Å². The highest BCUT2D eigenvalue weighted by atomic mass is 35.5. The summed E-state index contributed by atoms with van der Waals surface area (Å²) in [4.78, 5) is 7.75. The van der Waals surface area contributed by atoms with Gasteiger partial charge in [0, 0.05) is 25.5 Å². The van der Waals surface area contributed by atoms with E-state index in [9.17, 15) is 0 Å². The Morgan fingerprint density at radius 2 is 2.21 bits per heavy atom. The number of aromatic nitrogens is 4. The first-order valence-electron chi connectivity index (χ1n) is 3.99. The average Bonchev–Trinajstić information content (AvgIpc) is 2.51. The van der Waals surface area contributed by atoms with E-state index < -0.39 is 0 Å². The largest absolute Gasteiger partial charge is 0.323 e. The van der Waals surface area contributed by atoms with Crippen LogP contribution >= 0.6 is 11.6 Å². The Labute approximate surface area is 85.8 Å². The maximum Gasteiger partial charge on any atom is 0.224 e. The molecule has 0 aliphatic carbocycles. The van der Waals surface area contributed by atoms with Crippen LogP contribution in [0.5, 0.6) is 0 Å². The van der Waals surface area contributed by atoms with Gasteiger partial charge in [-0.3, -0.25) is 4.68 Å². The molecule has 2 aromatic rings. The lowest BCUT2D eigenvalue weighted by molar-refractivity contribution is 0.771. The van der Waals surface area contributed by atoms with Gasteiger partial charge in [0.05, 0.1) is 0 Å². The second-order valence-corrected chi connectivity index (χ2v) is 3.05. The molecule has 6 heteroatoms. The van der Waals surface area contributed by atoms with E-state index in [1.165, 1.54) is 0 Å². The molecule has 72 valence electrons. The summed E-state index contributed by atoms with van der Waals surface area (Å²) in [7, 11) is 1.85. The van der Waals surface area contributed by atoms with E-state index in [4.69, 9.17) is 11.6 Å². The van der Waals surface area contributed by atoms with Crippen LogP contribution < -0.4 is 5.32 Å². The Morgan fingerprint density at radius 3 is 2.86 bits per heavy atom. The molecule has 0 saturated carbocycles. The van der Waals surface area contributed by atoms with Crippen molar-refractivity contribution in [3.63, 3.8) is 0 Å².